The smallest absolute Gasteiger partial charge is 0.338 e. The van der Waals surface area contributed by atoms with Crippen LogP contribution in [0.2, 0.25) is 0 Å². The molecule has 2 aromatic heterocycles. The Morgan fingerprint density at radius 3 is 2.58 bits per heavy atom. The number of rotatable bonds is 6. The minimum atomic E-state index is -0.381. The molecule has 0 bridgehead atoms. The van der Waals surface area contributed by atoms with Crippen LogP contribution in [-0.4, -0.2) is 38.6 Å². The van der Waals surface area contributed by atoms with Crippen LogP contribution in [0.4, 0.5) is 4.39 Å². The van der Waals surface area contributed by atoms with E-state index in [-0.39, 0.29) is 24.6 Å². The molecule has 0 aliphatic carbocycles. The van der Waals surface area contributed by atoms with Gasteiger partial charge in [-0.2, -0.15) is 5.10 Å². The molecule has 0 amide bonds. The summed E-state index contributed by atoms with van der Waals surface area (Å²) in [6, 6.07) is 17.5. The van der Waals surface area contributed by atoms with Crippen molar-refractivity contribution in [2.45, 2.75) is 39.0 Å². The monoisotopic (exact) mass is 513 g/mol. The van der Waals surface area contributed by atoms with Gasteiger partial charge in [-0.15, -0.1) is 0 Å². The largest absolute Gasteiger partial charge is 0.462 e. The molecule has 1 atom stereocenters. The lowest BCUT2D eigenvalue weighted by molar-refractivity contribution is -0.0366. The quantitative estimate of drug-likeness (QED) is 0.275. The van der Waals surface area contributed by atoms with Crippen molar-refractivity contribution >= 4 is 27.8 Å². The zero-order chi connectivity index (χ0) is 26.2. The molecule has 8 heteroatoms. The van der Waals surface area contributed by atoms with Gasteiger partial charge in [0.2, 0.25) is 0 Å². The van der Waals surface area contributed by atoms with Gasteiger partial charge in [0.25, 0.3) is 0 Å². The van der Waals surface area contributed by atoms with E-state index in [0.29, 0.717) is 24.5 Å². The molecule has 38 heavy (non-hydrogen) atoms. The molecule has 3 heterocycles. The number of ether oxygens (including phenoxy) is 2. The third-order valence-corrected chi connectivity index (χ3v) is 7.13. The molecule has 1 saturated heterocycles. The van der Waals surface area contributed by atoms with Gasteiger partial charge in [0.1, 0.15) is 5.82 Å². The minimum Gasteiger partial charge on any atom is -0.462 e. The maximum atomic E-state index is 13.8. The molecular weight excluding hydrogens is 485 g/mol. The molecule has 3 aromatic carbocycles. The highest BCUT2D eigenvalue weighted by atomic mass is 19.1. The number of benzene rings is 3. The Hall–Kier alpha value is -4.01. The zero-order valence-corrected chi connectivity index (χ0v) is 21.1. The number of carbonyl (C=O) groups is 1. The molecule has 0 saturated carbocycles. The fraction of sp³-hybridized carbons (Fsp3) is 0.267. The molecule has 1 aliphatic heterocycles. The van der Waals surface area contributed by atoms with Gasteiger partial charge in [-0.05, 0) is 80.3 Å². The number of hydrogen-bond donors (Lipinski definition) is 1. The Labute approximate surface area is 219 Å². The van der Waals surface area contributed by atoms with Crippen LogP contribution >= 0.6 is 0 Å². The lowest BCUT2D eigenvalue weighted by atomic mass is 10.00. The molecule has 5 aromatic rings. The second-order valence-electron chi connectivity index (χ2n) is 9.43. The molecule has 194 valence electrons. The number of nitrogens with zero attached hydrogens (tertiary/aromatic N) is 3. The Kier molecular flexibility index (Phi) is 6.43. The summed E-state index contributed by atoms with van der Waals surface area (Å²) >= 11 is 0. The highest BCUT2D eigenvalue weighted by molar-refractivity contribution is 6.06. The van der Waals surface area contributed by atoms with Crippen LogP contribution in [-0.2, 0) is 16.1 Å². The van der Waals surface area contributed by atoms with Crippen LogP contribution in [0.5, 0.6) is 0 Å². The van der Waals surface area contributed by atoms with Crippen molar-refractivity contribution in [3.8, 4) is 16.8 Å². The minimum absolute atomic E-state index is 0.123. The molecule has 1 aliphatic rings. The first-order chi connectivity index (χ1) is 18.6. The predicted octanol–water partition coefficient (Wildman–Crippen LogP) is 6.15. The number of fused-ring (bicyclic) bond motifs is 2. The number of aliphatic hydroxyl groups excluding tert-OH is 1. The molecule has 7 nitrogen and oxygen atoms in total. The Morgan fingerprint density at radius 2 is 1.89 bits per heavy atom. The third kappa shape index (κ3) is 4.15. The summed E-state index contributed by atoms with van der Waals surface area (Å²) in [4.78, 5) is 12.2. The first kappa shape index (κ1) is 24.3. The van der Waals surface area contributed by atoms with Gasteiger partial charge in [0.05, 0.1) is 41.7 Å². The van der Waals surface area contributed by atoms with Gasteiger partial charge in [-0.1, -0.05) is 12.1 Å². The third-order valence-electron chi connectivity index (χ3n) is 7.13. The van der Waals surface area contributed by atoms with E-state index in [4.69, 9.17) is 9.47 Å². The number of aliphatic hydroxyl groups is 1. The summed E-state index contributed by atoms with van der Waals surface area (Å²) in [5.41, 5.74) is 5.33. The van der Waals surface area contributed by atoms with Gasteiger partial charge < -0.3 is 19.1 Å². The number of carbonyl (C=O) groups excluding carboxylic acids is 1. The van der Waals surface area contributed by atoms with Gasteiger partial charge >= 0.3 is 5.97 Å². The van der Waals surface area contributed by atoms with Crippen LogP contribution in [0, 0.1) is 5.82 Å². The van der Waals surface area contributed by atoms with Crippen LogP contribution in [0.15, 0.2) is 66.9 Å². The summed E-state index contributed by atoms with van der Waals surface area (Å²) in [6.45, 7) is 2.54. The normalized spacial score (nSPS) is 15.8. The summed E-state index contributed by atoms with van der Waals surface area (Å²) in [5, 5.41) is 17.1. The average molecular weight is 514 g/mol. The molecule has 1 fully saturated rings. The maximum Gasteiger partial charge on any atom is 0.338 e. The van der Waals surface area contributed by atoms with Gasteiger partial charge in [-0.3, -0.25) is 0 Å². The van der Waals surface area contributed by atoms with E-state index in [0.717, 1.165) is 57.9 Å². The van der Waals surface area contributed by atoms with E-state index >= 15 is 0 Å². The summed E-state index contributed by atoms with van der Waals surface area (Å²) < 4.78 is 28.8. The Balaban J connectivity index is 1.60. The van der Waals surface area contributed by atoms with Crippen molar-refractivity contribution < 1.29 is 23.8 Å². The number of halogens is 1. The van der Waals surface area contributed by atoms with Crippen molar-refractivity contribution in [2.75, 3.05) is 13.2 Å². The standard InChI is InChI=1S/C30H28FN3O4/c1-2-37-30(36)20-8-6-19(7-9-20)29-24-16-25-21(17-32-34(25)28-5-3-4-14-38-28)15-26(24)33(27(29)18-35)23-12-10-22(31)11-13-23/h6-13,15-17,28,35H,2-5,14,18H2,1H3. The zero-order valence-electron chi connectivity index (χ0n) is 21.1. The van der Waals surface area contributed by atoms with Crippen molar-refractivity contribution in [2.24, 2.45) is 0 Å². The first-order valence-corrected chi connectivity index (χ1v) is 12.9. The van der Waals surface area contributed by atoms with Gasteiger partial charge in [-0.25, -0.2) is 13.9 Å². The fourth-order valence-corrected chi connectivity index (χ4v) is 5.37. The van der Waals surface area contributed by atoms with E-state index in [1.54, 1.807) is 31.2 Å². The van der Waals surface area contributed by atoms with Crippen molar-refractivity contribution in [1.82, 2.24) is 14.3 Å². The van der Waals surface area contributed by atoms with Gasteiger partial charge in [0, 0.05) is 28.6 Å². The molecule has 6 rings (SSSR count). The highest BCUT2D eigenvalue weighted by Crippen LogP contribution is 2.40. The average Bonchev–Trinajstić information content (AvgIpc) is 3.51. The number of aromatic nitrogens is 3. The molecule has 0 spiro atoms. The molecular formula is C30H28FN3O4. The van der Waals surface area contributed by atoms with Gasteiger partial charge in [0.15, 0.2) is 6.23 Å². The summed E-state index contributed by atoms with van der Waals surface area (Å²) in [6.07, 6.45) is 4.74. The number of hydrogen-bond acceptors (Lipinski definition) is 5. The topological polar surface area (TPSA) is 78.5 Å². The van der Waals surface area contributed by atoms with E-state index in [2.05, 4.69) is 17.2 Å². The molecule has 0 radical (unpaired) electrons. The van der Waals surface area contributed by atoms with Crippen LogP contribution < -0.4 is 0 Å². The van der Waals surface area contributed by atoms with Crippen molar-refractivity contribution in [1.29, 1.82) is 0 Å². The van der Waals surface area contributed by atoms with Crippen LogP contribution in [0.25, 0.3) is 38.6 Å². The first-order valence-electron chi connectivity index (χ1n) is 12.9. The van der Waals surface area contributed by atoms with Crippen LogP contribution in [0.3, 0.4) is 0 Å². The van der Waals surface area contributed by atoms with Crippen molar-refractivity contribution in [3.05, 3.63) is 83.9 Å². The Bertz CT molecular complexity index is 1610. The van der Waals surface area contributed by atoms with E-state index in [1.165, 1.54) is 12.1 Å². The number of esters is 1. The van der Waals surface area contributed by atoms with E-state index in [9.17, 15) is 14.3 Å². The second kappa shape index (κ2) is 10.0. The fourth-order valence-electron chi connectivity index (χ4n) is 5.37. The SMILES string of the molecule is CCOC(=O)c1ccc(-c2c(CO)n(-c3ccc(F)cc3)c3cc4cnn(C5CCCCO5)c4cc23)cc1. The van der Waals surface area contributed by atoms with Crippen LogP contribution in [0.1, 0.15) is 48.5 Å². The molecule has 1 unspecified atom stereocenters. The van der Waals surface area contributed by atoms with E-state index < -0.39 is 0 Å². The lowest BCUT2D eigenvalue weighted by Gasteiger charge is -2.23. The van der Waals surface area contributed by atoms with E-state index in [1.807, 2.05) is 27.6 Å². The summed E-state index contributed by atoms with van der Waals surface area (Å²) in [7, 11) is 0. The lowest BCUT2D eigenvalue weighted by Crippen LogP contribution is -2.18. The predicted molar refractivity (Wildman–Crippen MR) is 143 cm³/mol. The summed E-state index contributed by atoms with van der Waals surface area (Å²) in [5.74, 6) is -0.713. The molecule has 1 N–H and O–H groups in total. The second-order valence-corrected chi connectivity index (χ2v) is 9.43. The maximum absolute atomic E-state index is 13.8. The Morgan fingerprint density at radius 1 is 1.11 bits per heavy atom. The van der Waals surface area contributed by atoms with Crippen molar-refractivity contribution in [3.63, 3.8) is 0 Å². The highest BCUT2D eigenvalue weighted by Gasteiger charge is 2.24.